The number of amides is 1. The molecule has 11 heteroatoms. The Balaban J connectivity index is 1.02. The normalized spacial score (nSPS) is 22.4. The molecule has 5 aliphatic rings. The molecule has 2 aromatic heterocycles. The predicted molar refractivity (Wildman–Crippen MR) is 198 cm³/mol. The zero-order chi connectivity index (χ0) is 35.0. The van der Waals surface area contributed by atoms with E-state index in [4.69, 9.17) is 47.4 Å². The van der Waals surface area contributed by atoms with Crippen molar-refractivity contribution in [3.05, 3.63) is 80.8 Å². The summed E-state index contributed by atoms with van der Waals surface area (Å²) in [5.74, 6) is 1.46. The summed E-state index contributed by atoms with van der Waals surface area (Å²) in [6.07, 6.45) is 4.83. The van der Waals surface area contributed by atoms with E-state index in [1.807, 2.05) is 36.4 Å². The van der Waals surface area contributed by atoms with Crippen LogP contribution in [0.4, 0.5) is 0 Å². The second kappa shape index (κ2) is 12.7. The summed E-state index contributed by atoms with van der Waals surface area (Å²) < 4.78 is 17.4. The second-order valence-corrected chi connectivity index (χ2v) is 15.5. The first-order chi connectivity index (χ1) is 24.8. The fourth-order valence-electron chi connectivity index (χ4n) is 9.24. The number of methoxy groups -OCH3 is 3. The van der Waals surface area contributed by atoms with Gasteiger partial charge in [-0.05, 0) is 48.9 Å². The molecule has 9 nitrogen and oxygen atoms in total. The lowest BCUT2D eigenvalue weighted by Gasteiger charge is -2.50. The molecule has 0 saturated carbocycles. The number of fused-ring (bicyclic) bond motifs is 2. The molecule has 9 rings (SSSR count). The number of carbonyl (C=O) groups is 1. The molecule has 1 unspecified atom stereocenters. The average molecular weight is 727 g/mol. The van der Waals surface area contributed by atoms with Crippen LogP contribution in [0.3, 0.4) is 0 Å². The van der Waals surface area contributed by atoms with Gasteiger partial charge in [0.05, 0.1) is 41.8 Å². The first-order valence-corrected chi connectivity index (χ1v) is 18.6. The first-order valence-electron chi connectivity index (χ1n) is 17.8. The van der Waals surface area contributed by atoms with E-state index >= 15 is 0 Å². The van der Waals surface area contributed by atoms with Crippen LogP contribution in [0, 0.1) is 5.41 Å². The van der Waals surface area contributed by atoms with Gasteiger partial charge in [0.2, 0.25) is 17.7 Å². The lowest BCUT2D eigenvalue weighted by Crippen LogP contribution is -2.58. The van der Waals surface area contributed by atoms with Crippen molar-refractivity contribution >= 4 is 29.1 Å². The van der Waals surface area contributed by atoms with Gasteiger partial charge in [-0.25, -0.2) is 9.97 Å². The Kier molecular flexibility index (Phi) is 8.28. The Morgan fingerprint density at radius 1 is 0.765 bits per heavy atom. The maximum absolute atomic E-state index is 11.9. The topological polar surface area (TPSA) is 89.1 Å². The summed E-state index contributed by atoms with van der Waals surface area (Å²) in [4.78, 5) is 26.9. The third kappa shape index (κ3) is 5.43. The van der Waals surface area contributed by atoms with Crippen LogP contribution < -0.4 is 14.8 Å². The lowest BCUT2D eigenvalue weighted by atomic mass is 9.77. The van der Waals surface area contributed by atoms with Crippen molar-refractivity contribution in [2.75, 3.05) is 54.1 Å². The Morgan fingerprint density at radius 3 is 1.75 bits per heavy atom. The van der Waals surface area contributed by atoms with Gasteiger partial charge >= 0.3 is 0 Å². The van der Waals surface area contributed by atoms with Crippen molar-refractivity contribution < 1.29 is 19.0 Å². The van der Waals surface area contributed by atoms with Gasteiger partial charge in [-0.1, -0.05) is 59.6 Å². The molecule has 2 aliphatic carbocycles. The molecule has 1 N–H and O–H groups in total. The number of pyridine rings is 2. The molecule has 1 spiro atoms. The van der Waals surface area contributed by atoms with E-state index in [-0.39, 0.29) is 23.4 Å². The van der Waals surface area contributed by atoms with Gasteiger partial charge in [0.15, 0.2) is 0 Å². The molecule has 1 amide bonds. The third-order valence-corrected chi connectivity index (χ3v) is 12.7. The monoisotopic (exact) mass is 725 g/mol. The van der Waals surface area contributed by atoms with E-state index in [9.17, 15) is 4.79 Å². The Morgan fingerprint density at radius 2 is 1.27 bits per heavy atom. The number of ether oxygens (including phenoxy) is 3. The van der Waals surface area contributed by atoms with Crippen LogP contribution in [0.2, 0.25) is 10.0 Å². The number of nitrogens with one attached hydrogen (secondary N) is 1. The van der Waals surface area contributed by atoms with Gasteiger partial charge in [0.25, 0.3) is 0 Å². The number of likely N-dealkylation sites (tertiary alicyclic amines) is 2. The highest BCUT2D eigenvalue weighted by Gasteiger charge is 2.51. The number of aryl methyl sites for hydroxylation is 2. The molecule has 3 aliphatic heterocycles. The highest BCUT2D eigenvalue weighted by Crippen LogP contribution is 2.50. The molecule has 51 heavy (non-hydrogen) atoms. The lowest BCUT2D eigenvalue weighted by molar-refractivity contribution is -0.121. The van der Waals surface area contributed by atoms with E-state index in [1.165, 1.54) is 16.7 Å². The van der Waals surface area contributed by atoms with Crippen molar-refractivity contribution in [2.24, 2.45) is 5.41 Å². The largest absolute Gasteiger partial charge is 0.481 e. The van der Waals surface area contributed by atoms with E-state index in [2.05, 4.69) is 27.2 Å². The Hall–Kier alpha value is -3.73. The maximum atomic E-state index is 11.9. The molecule has 264 valence electrons. The summed E-state index contributed by atoms with van der Waals surface area (Å²) in [5.41, 5.74) is 9.75. The summed E-state index contributed by atoms with van der Waals surface area (Å²) in [6, 6.07) is 16.9. The van der Waals surface area contributed by atoms with Gasteiger partial charge in [0.1, 0.15) is 0 Å². The Labute approximate surface area is 308 Å². The van der Waals surface area contributed by atoms with Crippen molar-refractivity contribution in [1.82, 2.24) is 25.1 Å². The minimum Gasteiger partial charge on any atom is -0.481 e. The smallest absolute Gasteiger partial charge is 0.220 e. The predicted octanol–water partition coefficient (Wildman–Crippen LogP) is 6.93. The fourth-order valence-corrected chi connectivity index (χ4v) is 9.89. The second-order valence-electron chi connectivity index (χ2n) is 14.8. The van der Waals surface area contributed by atoms with Crippen LogP contribution in [0.25, 0.3) is 33.6 Å². The zero-order valence-corrected chi connectivity index (χ0v) is 30.6. The quantitative estimate of drug-likeness (QED) is 0.209. The highest BCUT2D eigenvalue weighted by molar-refractivity contribution is 6.39. The van der Waals surface area contributed by atoms with Crippen molar-refractivity contribution in [3.63, 3.8) is 0 Å². The number of aromatic nitrogens is 2. The number of benzene rings is 2. The molecular formula is C40H41Cl2N5O4. The zero-order valence-electron chi connectivity index (χ0n) is 29.1. The van der Waals surface area contributed by atoms with Gasteiger partial charge in [-0.2, -0.15) is 0 Å². The molecule has 2 aromatic carbocycles. The van der Waals surface area contributed by atoms with Crippen molar-refractivity contribution in [1.29, 1.82) is 0 Å². The number of hydrogen-bond acceptors (Lipinski definition) is 8. The molecule has 3 fully saturated rings. The number of halogens is 2. The van der Waals surface area contributed by atoms with Gasteiger partial charge in [0, 0.05) is 97.1 Å². The minimum absolute atomic E-state index is 0.0707. The first kappa shape index (κ1) is 33.1. The molecule has 2 atom stereocenters. The van der Waals surface area contributed by atoms with Crippen LogP contribution in [0.15, 0.2) is 48.5 Å². The summed E-state index contributed by atoms with van der Waals surface area (Å²) >= 11 is 14.5. The van der Waals surface area contributed by atoms with Crippen LogP contribution in [-0.4, -0.2) is 85.8 Å². The molecule has 4 aromatic rings. The third-order valence-electron chi connectivity index (χ3n) is 11.8. The van der Waals surface area contributed by atoms with Gasteiger partial charge in [-0.3, -0.25) is 14.6 Å². The molecule has 0 radical (unpaired) electrons. The van der Waals surface area contributed by atoms with E-state index in [0.717, 1.165) is 97.6 Å². The van der Waals surface area contributed by atoms with Crippen LogP contribution in [-0.2, 0) is 22.4 Å². The van der Waals surface area contributed by atoms with E-state index in [1.54, 1.807) is 21.3 Å². The highest BCUT2D eigenvalue weighted by atomic mass is 35.5. The number of hydrogen-bond donors (Lipinski definition) is 1. The molecular weight excluding hydrogens is 685 g/mol. The van der Waals surface area contributed by atoms with Crippen LogP contribution in [0.1, 0.15) is 53.6 Å². The summed E-state index contributed by atoms with van der Waals surface area (Å²) in [5, 5.41) is 4.18. The Bertz CT molecular complexity index is 2060. The minimum atomic E-state index is 0.0707. The maximum Gasteiger partial charge on any atom is 0.220 e. The number of rotatable bonds is 8. The fraction of sp³-hybridized carbons (Fsp3) is 0.425. The van der Waals surface area contributed by atoms with Crippen molar-refractivity contribution in [3.8, 4) is 45.4 Å². The SMILES string of the molecule is COc1nc(-c2cccc(-c3cccc(-c4cc5c(c(OC)n4)[C@@H](N4CC6(CNC(=O)C6)C4)CC5)c3Cl)c2Cl)cc2c1C(N1CC(OC)C1)CC2. The van der Waals surface area contributed by atoms with Crippen LogP contribution in [0.5, 0.6) is 11.8 Å². The van der Waals surface area contributed by atoms with Gasteiger partial charge in [-0.15, -0.1) is 0 Å². The summed E-state index contributed by atoms with van der Waals surface area (Å²) in [6.45, 7) is 4.45. The van der Waals surface area contributed by atoms with E-state index < -0.39 is 0 Å². The molecule has 5 heterocycles. The number of carbonyl (C=O) groups excluding carboxylic acids is 1. The summed E-state index contributed by atoms with van der Waals surface area (Å²) in [7, 11) is 5.16. The number of nitrogens with zero attached hydrogens (tertiary/aromatic N) is 4. The molecule has 0 bridgehead atoms. The van der Waals surface area contributed by atoms with E-state index in [0.29, 0.717) is 34.3 Å². The van der Waals surface area contributed by atoms with Crippen molar-refractivity contribution in [2.45, 2.75) is 50.3 Å². The average Bonchev–Trinajstić information content (AvgIpc) is 3.84. The molecule has 3 saturated heterocycles. The standard InChI is InChI=1S/C40H41Cl2N5O4/c1-49-24-17-46(18-24)31-12-10-22-14-29(44-38(50-2)34(22)31)27-8-4-6-25(36(27)41)26-7-5-9-28(37(26)42)30-15-23-11-13-32(35(23)39(45-30)51-3)47-20-40(21-47)16-33(48)43-19-40/h4-9,14-15,24,31-32H,10-13,16-21H2,1-3H3,(H,43,48)/t31?,32-/m0/s1. The van der Waals surface area contributed by atoms with Gasteiger partial charge < -0.3 is 19.5 Å². The van der Waals surface area contributed by atoms with Crippen LogP contribution >= 0.6 is 23.2 Å².